The quantitative estimate of drug-likeness (QED) is 0.865. The Morgan fingerprint density at radius 1 is 1.53 bits per heavy atom. The summed E-state index contributed by atoms with van der Waals surface area (Å²) in [7, 11) is 3.77. The van der Waals surface area contributed by atoms with E-state index >= 15 is 0 Å². The average Bonchev–Trinajstić information content (AvgIpc) is 2.65. The molecule has 0 aliphatic rings. The normalized spacial score (nSPS) is 15.2. The smallest absolute Gasteiger partial charge is 0.0766 e. The molecule has 0 radical (unpaired) electrons. The molecule has 1 rings (SSSR count). The SMILES string of the molecule is CCCC(OC)C(NC)c1cscc1Br. The molecule has 2 unspecified atom stereocenters. The summed E-state index contributed by atoms with van der Waals surface area (Å²) < 4.78 is 6.72. The van der Waals surface area contributed by atoms with Gasteiger partial charge in [0, 0.05) is 17.0 Å². The summed E-state index contributed by atoms with van der Waals surface area (Å²) in [6.45, 7) is 2.18. The van der Waals surface area contributed by atoms with Crippen LogP contribution in [0.3, 0.4) is 0 Å². The number of hydrogen-bond acceptors (Lipinski definition) is 3. The van der Waals surface area contributed by atoms with E-state index < -0.39 is 0 Å². The zero-order valence-electron chi connectivity index (χ0n) is 9.42. The van der Waals surface area contributed by atoms with E-state index in [0.717, 1.165) is 12.8 Å². The highest BCUT2D eigenvalue weighted by Crippen LogP contribution is 2.31. The monoisotopic (exact) mass is 291 g/mol. The zero-order chi connectivity index (χ0) is 11.3. The standard InChI is InChI=1S/C11H18BrNOS/c1-4-5-10(14-3)11(13-2)8-6-15-7-9(8)12/h6-7,10-11,13H,4-5H2,1-3H3. The van der Waals surface area contributed by atoms with Crippen molar-refractivity contribution in [1.82, 2.24) is 5.32 Å². The molecule has 2 nitrogen and oxygen atoms in total. The molecule has 86 valence electrons. The number of likely N-dealkylation sites (N-methyl/N-ethyl adjacent to an activating group) is 1. The van der Waals surface area contributed by atoms with Crippen LogP contribution in [0.4, 0.5) is 0 Å². The Balaban J connectivity index is 2.82. The Hall–Kier alpha value is 0.100. The van der Waals surface area contributed by atoms with Crippen LogP contribution in [0.5, 0.6) is 0 Å². The number of rotatable bonds is 6. The molecule has 1 aromatic rings. The van der Waals surface area contributed by atoms with Crippen LogP contribution in [0.15, 0.2) is 15.2 Å². The van der Waals surface area contributed by atoms with Gasteiger partial charge in [0.2, 0.25) is 0 Å². The highest BCUT2D eigenvalue weighted by molar-refractivity contribution is 9.10. The first-order valence-corrected chi connectivity index (χ1v) is 6.89. The minimum atomic E-state index is 0.242. The van der Waals surface area contributed by atoms with Gasteiger partial charge in [-0.1, -0.05) is 13.3 Å². The predicted molar refractivity (Wildman–Crippen MR) is 69.5 cm³/mol. The predicted octanol–water partition coefficient (Wildman–Crippen LogP) is 3.59. The van der Waals surface area contributed by atoms with Gasteiger partial charge in [0.15, 0.2) is 0 Å². The third-order valence-corrected chi connectivity index (χ3v) is 4.29. The minimum absolute atomic E-state index is 0.242. The maximum atomic E-state index is 5.54. The fourth-order valence-corrected chi connectivity index (χ4v) is 3.34. The number of nitrogens with one attached hydrogen (secondary N) is 1. The highest BCUT2D eigenvalue weighted by atomic mass is 79.9. The lowest BCUT2D eigenvalue weighted by atomic mass is 10.0. The van der Waals surface area contributed by atoms with Crippen LogP contribution in [-0.4, -0.2) is 20.3 Å². The summed E-state index contributed by atoms with van der Waals surface area (Å²) >= 11 is 5.28. The number of thiophene rings is 1. The van der Waals surface area contributed by atoms with Gasteiger partial charge in [-0.05, 0) is 40.3 Å². The van der Waals surface area contributed by atoms with Crippen molar-refractivity contribution < 1.29 is 4.74 Å². The minimum Gasteiger partial charge on any atom is -0.379 e. The topological polar surface area (TPSA) is 21.3 Å². The van der Waals surface area contributed by atoms with E-state index in [9.17, 15) is 0 Å². The Morgan fingerprint density at radius 2 is 2.27 bits per heavy atom. The van der Waals surface area contributed by atoms with E-state index in [-0.39, 0.29) is 12.1 Å². The Bertz CT molecular complexity index is 290. The molecule has 0 spiro atoms. The van der Waals surface area contributed by atoms with Gasteiger partial charge < -0.3 is 10.1 Å². The molecule has 0 saturated carbocycles. The lowest BCUT2D eigenvalue weighted by Gasteiger charge is -2.25. The molecule has 4 heteroatoms. The molecule has 1 N–H and O–H groups in total. The van der Waals surface area contributed by atoms with Crippen molar-refractivity contribution >= 4 is 27.3 Å². The Morgan fingerprint density at radius 3 is 2.67 bits per heavy atom. The molecule has 0 bridgehead atoms. The first-order chi connectivity index (χ1) is 7.24. The Labute approximate surface area is 104 Å². The molecule has 0 saturated heterocycles. The van der Waals surface area contributed by atoms with Crippen LogP contribution < -0.4 is 5.32 Å². The van der Waals surface area contributed by atoms with E-state index in [1.807, 2.05) is 7.05 Å². The van der Waals surface area contributed by atoms with E-state index in [2.05, 4.69) is 38.9 Å². The maximum Gasteiger partial charge on any atom is 0.0766 e. The van der Waals surface area contributed by atoms with E-state index in [1.165, 1.54) is 10.0 Å². The molecule has 0 aliphatic carbocycles. The fraction of sp³-hybridized carbons (Fsp3) is 0.636. The van der Waals surface area contributed by atoms with Crippen LogP contribution in [0, 0.1) is 0 Å². The van der Waals surface area contributed by atoms with Gasteiger partial charge in [-0.2, -0.15) is 11.3 Å². The molecule has 15 heavy (non-hydrogen) atoms. The molecule has 0 aromatic carbocycles. The molecular formula is C11H18BrNOS. The lowest BCUT2D eigenvalue weighted by Crippen LogP contribution is -2.30. The Kier molecular flexibility index (Phi) is 5.82. The van der Waals surface area contributed by atoms with Crippen LogP contribution in [-0.2, 0) is 4.74 Å². The second-order valence-corrected chi connectivity index (χ2v) is 5.10. The van der Waals surface area contributed by atoms with E-state index in [1.54, 1.807) is 18.4 Å². The van der Waals surface area contributed by atoms with Gasteiger partial charge in [-0.25, -0.2) is 0 Å². The van der Waals surface area contributed by atoms with Crippen LogP contribution >= 0.6 is 27.3 Å². The molecule has 1 heterocycles. The maximum absolute atomic E-state index is 5.54. The molecule has 0 fully saturated rings. The number of hydrogen-bond donors (Lipinski definition) is 1. The molecule has 1 aromatic heterocycles. The van der Waals surface area contributed by atoms with Gasteiger partial charge in [0.1, 0.15) is 0 Å². The summed E-state index contributed by atoms with van der Waals surface area (Å²) in [6.07, 6.45) is 2.45. The number of halogens is 1. The lowest BCUT2D eigenvalue weighted by molar-refractivity contribution is 0.0629. The highest BCUT2D eigenvalue weighted by Gasteiger charge is 2.22. The largest absolute Gasteiger partial charge is 0.379 e. The summed E-state index contributed by atoms with van der Waals surface area (Å²) in [5.74, 6) is 0. The summed E-state index contributed by atoms with van der Waals surface area (Å²) in [6, 6.07) is 0.274. The van der Waals surface area contributed by atoms with E-state index in [0.29, 0.717) is 0 Å². The third kappa shape index (κ3) is 3.28. The van der Waals surface area contributed by atoms with Gasteiger partial charge >= 0.3 is 0 Å². The number of methoxy groups -OCH3 is 1. The average molecular weight is 292 g/mol. The fourth-order valence-electron chi connectivity index (χ4n) is 1.76. The molecule has 2 atom stereocenters. The first kappa shape index (κ1) is 13.2. The second-order valence-electron chi connectivity index (χ2n) is 3.50. The van der Waals surface area contributed by atoms with Crippen molar-refractivity contribution in [3.63, 3.8) is 0 Å². The third-order valence-electron chi connectivity index (χ3n) is 2.54. The van der Waals surface area contributed by atoms with Gasteiger partial charge in [0.05, 0.1) is 12.1 Å². The van der Waals surface area contributed by atoms with Crippen molar-refractivity contribution in [3.8, 4) is 0 Å². The number of ether oxygens (including phenoxy) is 1. The molecule has 0 amide bonds. The molecular weight excluding hydrogens is 274 g/mol. The summed E-state index contributed by atoms with van der Waals surface area (Å²) in [5, 5.41) is 7.62. The van der Waals surface area contributed by atoms with Gasteiger partial charge in [-0.3, -0.25) is 0 Å². The summed E-state index contributed by atoms with van der Waals surface area (Å²) in [5.41, 5.74) is 1.29. The van der Waals surface area contributed by atoms with Crippen LogP contribution in [0.1, 0.15) is 31.4 Å². The van der Waals surface area contributed by atoms with Crippen molar-refractivity contribution in [2.24, 2.45) is 0 Å². The zero-order valence-corrected chi connectivity index (χ0v) is 11.8. The van der Waals surface area contributed by atoms with Crippen molar-refractivity contribution in [3.05, 3.63) is 20.8 Å². The van der Waals surface area contributed by atoms with Crippen LogP contribution in [0.2, 0.25) is 0 Å². The van der Waals surface area contributed by atoms with Crippen molar-refractivity contribution in [1.29, 1.82) is 0 Å². The van der Waals surface area contributed by atoms with Gasteiger partial charge in [0.25, 0.3) is 0 Å². The van der Waals surface area contributed by atoms with Crippen molar-refractivity contribution in [2.45, 2.75) is 31.9 Å². The summed E-state index contributed by atoms with van der Waals surface area (Å²) in [4.78, 5) is 0. The second kappa shape index (κ2) is 6.63. The van der Waals surface area contributed by atoms with Crippen molar-refractivity contribution in [2.75, 3.05) is 14.2 Å². The van der Waals surface area contributed by atoms with Gasteiger partial charge in [-0.15, -0.1) is 0 Å². The molecule has 0 aliphatic heterocycles. The van der Waals surface area contributed by atoms with Crippen LogP contribution in [0.25, 0.3) is 0 Å². The first-order valence-electron chi connectivity index (χ1n) is 5.16. The van der Waals surface area contributed by atoms with E-state index in [4.69, 9.17) is 4.74 Å².